The molecule has 0 unspecified atom stereocenters. The first-order chi connectivity index (χ1) is 11.3. The summed E-state index contributed by atoms with van der Waals surface area (Å²) < 4.78 is 5.38. The molecule has 3 atom stereocenters. The van der Waals surface area contributed by atoms with Gasteiger partial charge in [0.2, 0.25) is 5.91 Å². The monoisotopic (exact) mass is 314 g/mol. The number of amides is 1. The third-order valence-corrected chi connectivity index (χ3v) is 5.86. The van der Waals surface area contributed by atoms with Crippen molar-refractivity contribution in [2.45, 2.75) is 32.1 Å². The fourth-order valence-electron chi connectivity index (χ4n) is 4.65. The predicted molar refractivity (Wildman–Crippen MR) is 91.7 cm³/mol. The van der Waals surface area contributed by atoms with Crippen LogP contribution >= 0.6 is 0 Å². The lowest BCUT2D eigenvalue weighted by atomic mass is 9.86. The van der Waals surface area contributed by atoms with E-state index < -0.39 is 0 Å². The Balaban J connectivity index is 1.30. The molecule has 23 heavy (non-hydrogen) atoms. The summed E-state index contributed by atoms with van der Waals surface area (Å²) in [6, 6.07) is 8.23. The molecule has 1 aliphatic heterocycles. The van der Waals surface area contributed by atoms with Crippen LogP contribution in [0.2, 0.25) is 0 Å². The molecule has 1 aromatic rings. The molecule has 0 aromatic heterocycles. The van der Waals surface area contributed by atoms with Gasteiger partial charge in [0.25, 0.3) is 0 Å². The number of rotatable bonds is 4. The van der Waals surface area contributed by atoms with Crippen molar-refractivity contribution >= 4 is 17.3 Å². The number of hydrogen-bond donors (Lipinski definition) is 1. The summed E-state index contributed by atoms with van der Waals surface area (Å²) in [5.74, 6) is 2.53. The van der Waals surface area contributed by atoms with Crippen LogP contribution in [0.25, 0.3) is 0 Å². The zero-order chi connectivity index (χ0) is 15.6. The minimum absolute atomic E-state index is 0.182. The van der Waals surface area contributed by atoms with E-state index in [1.165, 1.54) is 31.4 Å². The number of carbonyl (C=O) groups is 1. The van der Waals surface area contributed by atoms with Gasteiger partial charge in [-0.1, -0.05) is 6.42 Å². The Morgan fingerprint density at radius 1 is 1.13 bits per heavy atom. The molecule has 1 saturated heterocycles. The summed E-state index contributed by atoms with van der Waals surface area (Å²) in [4.78, 5) is 14.6. The average molecular weight is 314 g/mol. The molecule has 1 heterocycles. The quantitative estimate of drug-likeness (QED) is 0.927. The van der Waals surface area contributed by atoms with Gasteiger partial charge in [0.15, 0.2) is 0 Å². The second-order valence-electron chi connectivity index (χ2n) is 7.33. The van der Waals surface area contributed by atoms with Crippen LogP contribution in [-0.4, -0.2) is 32.2 Å². The summed E-state index contributed by atoms with van der Waals surface area (Å²) in [6.45, 7) is 3.47. The van der Waals surface area contributed by atoms with E-state index in [1.807, 2.05) is 12.1 Å². The second-order valence-corrected chi connectivity index (χ2v) is 7.33. The van der Waals surface area contributed by atoms with Crippen LogP contribution in [0.15, 0.2) is 24.3 Å². The van der Waals surface area contributed by atoms with E-state index in [1.54, 1.807) is 0 Å². The Morgan fingerprint density at radius 3 is 2.57 bits per heavy atom. The van der Waals surface area contributed by atoms with Gasteiger partial charge in [-0.25, -0.2) is 0 Å². The van der Waals surface area contributed by atoms with Gasteiger partial charge in [0.05, 0.1) is 13.2 Å². The number of fused-ring (bicyclic) bond motifs is 2. The average Bonchev–Trinajstić information content (AvgIpc) is 3.19. The third-order valence-electron chi connectivity index (χ3n) is 5.86. The summed E-state index contributed by atoms with van der Waals surface area (Å²) in [5.41, 5.74) is 2.12. The first-order valence-electron chi connectivity index (χ1n) is 9.00. The largest absolute Gasteiger partial charge is 0.378 e. The molecule has 124 valence electrons. The van der Waals surface area contributed by atoms with Gasteiger partial charge >= 0.3 is 0 Å². The SMILES string of the molecule is O=C(C[C@H]1C[C@H]2CC[C@H]1C2)Nc1ccc(N2CCOCC2)cc1. The van der Waals surface area contributed by atoms with Crippen LogP contribution in [0.4, 0.5) is 11.4 Å². The zero-order valence-electron chi connectivity index (χ0n) is 13.7. The fraction of sp³-hybridized carbons (Fsp3) is 0.632. The normalized spacial score (nSPS) is 29.7. The Kier molecular flexibility index (Phi) is 4.25. The van der Waals surface area contributed by atoms with Crippen LogP contribution in [-0.2, 0) is 9.53 Å². The van der Waals surface area contributed by atoms with E-state index >= 15 is 0 Å². The van der Waals surface area contributed by atoms with Gasteiger partial charge in [-0.2, -0.15) is 0 Å². The van der Waals surface area contributed by atoms with Crippen LogP contribution in [0.3, 0.4) is 0 Å². The highest BCUT2D eigenvalue weighted by Gasteiger charge is 2.40. The van der Waals surface area contributed by atoms with Gasteiger partial charge < -0.3 is 15.0 Å². The van der Waals surface area contributed by atoms with Gasteiger partial charge in [-0.3, -0.25) is 4.79 Å². The van der Waals surface area contributed by atoms with Crippen molar-refractivity contribution in [2.24, 2.45) is 17.8 Å². The van der Waals surface area contributed by atoms with Crippen LogP contribution in [0, 0.1) is 17.8 Å². The number of nitrogens with one attached hydrogen (secondary N) is 1. The molecule has 3 fully saturated rings. The minimum Gasteiger partial charge on any atom is -0.378 e. The molecule has 2 saturated carbocycles. The number of morpholine rings is 1. The molecule has 3 aliphatic rings. The molecular weight excluding hydrogens is 288 g/mol. The Morgan fingerprint density at radius 2 is 1.91 bits per heavy atom. The summed E-state index contributed by atoms with van der Waals surface area (Å²) in [5, 5.41) is 3.08. The third kappa shape index (κ3) is 3.37. The van der Waals surface area contributed by atoms with Gasteiger partial charge in [0, 0.05) is 30.9 Å². The van der Waals surface area contributed by atoms with E-state index in [-0.39, 0.29) is 5.91 Å². The smallest absolute Gasteiger partial charge is 0.224 e. The minimum atomic E-state index is 0.182. The number of carbonyl (C=O) groups excluding carboxylic acids is 1. The fourth-order valence-corrected chi connectivity index (χ4v) is 4.65. The maximum absolute atomic E-state index is 12.3. The van der Waals surface area contributed by atoms with Crippen molar-refractivity contribution in [3.05, 3.63) is 24.3 Å². The lowest BCUT2D eigenvalue weighted by Crippen LogP contribution is -2.36. The standard InChI is InChI=1S/C19H26N2O2/c22-19(13-16-12-14-1-2-15(16)11-14)20-17-3-5-18(6-4-17)21-7-9-23-10-8-21/h3-6,14-16H,1-2,7-13H2,(H,20,22)/t14-,15-,16+/m0/s1. The molecule has 1 amide bonds. The molecule has 1 N–H and O–H groups in total. The molecule has 2 aliphatic carbocycles. The highest BCUT2D eigenvalue weighted by Crippen LogP contribution is 2.49. The molecule has 4 heteroatoms. The van der Waals surface area contributed by atoms with Crippen molar-refractivity contribution in [1.82, 2.24) is 0 Å². The first-order valence-corrected chi connectivity index (χ1v) is 9.00. The Hall–Kier alpha value is -1.55. The highest BCUT2D eigenvalue weighted by atomic mass is 16.5. The molecular formula is C19H26N2O2. The first kappa shape index (κ1) is 15.0. The van der Waals surface area contributed by atoms with Crippen molar-refractivity contribution in [1.29, 1.82) is 0 Å². The van der Waals surface area contributed by atoms with Crippen molar-refractivity contribution in [3.8, 4) is 0 Å². The number of anilines is 2. The summed E-state index contributed by atoms with van der Waals surface area (Å²) in [6.07, 6.45) is 6.08. The van der Waals surface area contributed by atoms with Crippen LogP contribution in [0.1, 0.15) is 32.1 Å². The maximum atomic E-state index is 12.3. The van der Waals surface area contributed by atoms with E-state index in [4.69, 9.17) is 4.74 Å². The number of ether oxygens (including phenoxy) is 1. The second kappa shape index (κ2) is 6.52. The van der Waals surface area contributed by atoms with Gasteiger partial charge in [0.1, 0.15) is 0 Å². The summed E-state index contributed by atoms with van der Waals surface area (Å²) >= 11 is 0. The molecule has 0 radical (unpaired) electrons. The van der Waals surface area contributed by atoms with Crippen molar-refractivity contribution in [3.63, 3.8) is 0 Å². The molecule has 4 rings (SSSR count). The zero-order valence-corrected chi connectivity index (χ0v) is 13.7. The Labute approximate surface area is 138 Å². The van der Waals surface area contributed by atoms with E-state index in [0.717, 1.165) is 43.8 Å². The molecule has 4 nitrogen and oxygen atoms in total. The Bertz CT molecular complexity index is 551. The van der Waals surface area contributed by atoms with E-state index in [2.05, 4.69) is 22.3 Å². The van der Waals surface area contributed by atoms with Gasteiger partial charge in [-0.15, -0.1) is 0 Å². The van der Waals surface area contributed by atoms with Gasteiger partial charge in [-0.05, 0) is 61.3 Å². The van der Waals surface area contributed by atoms with E-state index in [9.17, 15) is 4.79 Å². The van der Waals surface area contributed by atoms with Crippen LogP contribution < -0.4 is 10.2 Å². The lowest BCUT2D eigenvalue weighted by Gasteiger charge is -2.29. The molecule has 1 aromatic carbocycles. The maximum Gasteiger partial charge on any atom is 0.224 e. The topological polar surface area (TPSA) is 41.6 Å². The molecule has 2 bridgehead atoms. The predicted octanol–water partition coefficient (Wildman–Crippen LogP) is 3.29. The van der Waals surface area contributed by atoms with E-state index in [0.29, 0.717) is 12.3 Å². The van der Waals surface area contributed by atoms with Crippen molar-refractivity contribution < 1.29 is 9.53 Å². The van der Waals surface area contributed by atoms with Crippen LogP contribution in [0.5, 0.6) is 0 Å². The highest BCUT2D eigenvalue weighted by molar-refractivity contribution is 5.91. The number of benzene rings is 1. The number of hydrogen-bond acceptors (Lipinski definition) is 3. The lowest BCUT2D eigenvalue weighted by molar-refractivity contribution is -0.117. The number of nitrogens with zero attached hydrogens (tertiary/aromatic N) is 1. The van der Waals surface area contributed by atoms with Crippen molar-refractivity contribution in [2.75, 3.05) is 36.5 Å². The molecule has 0 spiro atoms. The summed E-state index contributed by atoms with van der Waals surface area (Å²) in [7, 11) is 0.